The normalized spacial score (nSPS) is 15.4. The van der Waals surface area contributed by atoms with Gasteiger partial charge in [0.25, 0.3) is 0 Å². The second-order valence-corrected chi connectivity index (χ2v) is 8.40. The van der Waals surface area contributed by atoms with Crippen molar-refractivity contribution in [3.63, 3.8) is 0 Å². The number of amides is 1. The molecule has 2 aromatic carbocycles. The third kappa shape index (κ3) is 3.98. The van der Waals surface area contributed by atoms with Gasteiger partial charge in [-0.1, -0.05) is 53.8 Å². The van der Waals surface area contributed by atoms with E-state index < -0.39 is 0 Å². The molecule has 1 aromatic heterocycles. The molecule has 0 saturated carbocycles. The number of methoxy groups -OCH3 is 1. The van der Waals surface area contributed by atoms with E-state index in [1.165, 1.54) is 0 Å². The first kappa shape index (κ1) is 19.5. The van der Waals surface area contributed by atoms with Crippen LogP contribution in [0.4, 0.5) is 5.00 Å². The topological polar surface area (TPSA) is 54.5 Å². The molecule has 0 aliphatic carbocycles. The Kier molecular flexibility index (Phi) is 5.53. The van der Waals surface area contributed by atoms with Crippen LogP contribution in [0.2, 0.25) is 0 Å². The molecule has 150 valence electrons. The lowest BCUT2D eigenvalue weighted by Crippen LogP contribution is -2.48. The van der Waals surface area contributed by atoms with Gasteiger partial charge < -0.3 is 15.0 Å². The largest absolute Gasteiger partial charge is 0.497 e. The number of hydrogen-bond acceptors (Lipinski definition) is 5. The van der Waals surface area contributed by atoms with Gasteiger partial charge >= 0.3 is 0 Å². The van der Waals surface area contributed by atoms with Crippen molar-refractivity contribution in [1.82, 2.24) is 10.3 Å². The van der Waals surface area contributed by atoms with E-state index in [0.717, 1.165) is 32.6 Å². The highest BCUT2D eigenvalue weighted by Gasteiger charge is 2.38. The number of carbonyl (C=O) groups excluding carboxylic acids is 1. The number of anilines is 1. The van der Waals surface area contributed by atoms with E-state index in [1.807, 2.05) is 54.6 Å². The zero-order valence-corrected chi connectivity index (χ0v) is 17.7. The summed E-state index contributed by atoms with van der Waals surface area (Å²) in [6.45, 7) is 4.78. The van der Waals surface area contributed by atoms with Crippen LogP contribution in [-0.4, -0.2) is 30.1 Å². The SMILES string of the molecule is COc1cccc(-c2nc3c(s2)N(C(C)C)C(C(=O)NCc2ccccc2)C3)c1. The summed E-state index contributed by atoms with van der Waals surface area (Å²) in [5.74, 6) is 0.868. The second kappa shape index (κ2) is 8.25. The fraction of sp³-hybridized carbons (Fsp3) is 0.304. The highest BCUT2D eigenvalue weighted by atomic mass is 32.1. The minimum atomic E-state index is -0.216. The molecule has 0 saturated heterocycles. The number of benzene rings is 2. The molecule has 0 bridgehead atoms. The van der Waals surface area contributed by atoms with Crippen LogP contribution >= 0.6 is 11.3 Å². The van der Waals surface area contributed by atoms with E-state index in [0.29, 0.717) is 13.0 Å². The third-order valence-corrected chi connectivity index (χ3v) is 6.28. The molecule has 1 N–H and O–H groups in total. The van der Waals surface area contributed by atoms with Crippen molar-refractivity contribution in [3.8, 4) is 16.3 Å². The Morgan fingerprint density at radius 2 is 2.03 bits per heavy atom. The Labute approximate surface area is 175 Å². The van der Waals surface area contributed by atoms with Crippen LogP contribution in [0.15, 0.2) is 54.6 Å². The molecule has 3 aromatic rings. The molecule has 1 unspecified atom stereocenters. The van der Waals surface area contributed by atoms with Gasteiger partial charge in [0.15, 0.2) is 0 Å². The lowest BCUT2D eigenvalue weighted by molar-refractivity contribution is -0.122. The monoisotopic (exact) mass is 407 g/mol. The van der Waals surface area contributed by atoms with Crippen molar-refractivity contribution in [2.45, 2.75) is 38.9 Å². The van der Waals surface area contributed by atoms with Crippen LogP contribution in [-0.2, 0) is 17.8 Å². The van der Waals surface area contributed by atoms with Crippen LogP contribution in [0.1, 0.15) is 25.1 Å². The Morgan fingerprint density at radius 3 is 2.76 bits per heavy atom. The smallest absolute Gasteiger partial charge is 0.243 e. The summed E-state index contributed by atoms with van der Waals surface area (Å²) in [4.78, 5) is 20.0. The van der Waals surface area contributed by atoms with Crippen LogP contribution in [0.3, 0.4) is 0 Å². The van der Waals surface area contributed by atoms with Crippen molar-refractivity contribution in [2.75, 3.05) is 12.0 Å². The molecule has 0 radical (unpaired) electrons. The fourth-order valence-electron chi connectivity index (χ4n) is 3.70. The summed E-state index contributed by atoms with van der Waals surface area (Å²) in [6.07, 6.45) is 0.634. The number of nitrogens with zero attached hydrogens (tertiary/aromatic N) is 2. The lowest BCUT2D eigenvalue weighted by atomic mass is 10.1. The van der Waals surface area contributed by atoms with E-state index in [1.54, 1.807) is 18.4 Å². The molecule has 1 atom stereocenters. The Balaban J connectivity index is 1.53. The molecule has 6 heteroatoms. The Morgan fingerprint density at radius 1 is 1.24 bits per heavy atom. The van der Waals surface area contributed by atoms with E-state index in [-0.39, 0.29) is 18.0 Å². The van der Waals surface area contributed by atoms with Crippen molar-refractivity contribution >= 4 is 22.2 Å². The first-order valence-electron chi connectivity index (χ1n) is 9.81. The number of hydrogen-bond donors (Lipinski definition) is 1. The number of aromatic nitrogens is 1. The molecule has 2 heterocycles. The van der Waals surface area contributed by atoms with Crippen LogP contribution in [0, 0.1) is 0 Å². The van der Waals surface area contributed by atoms with Crippen molar-refractivity contribution in [2.24, 2.45) is 0 Å². The van der Waals surface area contributed by atoms with Gasteiger partial charge in [0.1, 0.15) is 21.8 Å². The highest BCUT2D eigenvalue weighted by Crippen LogP contribution is 2.42. The van der Waals surface area contributed by atoms with Crippen molar-refractivity contribution in [1.29, 1.82) is 0 Å². The van der Waals surface area contributed by atoms with Crippen LogP contribution in [0.25, 0.3) is 10.6 Å². The van der Waals surface area contributed by atoms with Gasteiger partial charge in [0.05, 0.1) is 12.8 Å². The molecule has 29 heavy (non-hydrogen) atoms. The van der Waals surface area contributed by atoms with E-state index in [9.17, 15) is 4.79 Å². The molecule has 4 rings (SSSR count). The molecule has 1 amide bonds. The third-order valence-electron chi connectivity index (χ3n) is 5.12. The van der Waals surface area contributed by atoms with Gasteiger partial charge in [-0.05, 0) is 31.5 Å². The van der Waals surface area contributed by atoms with Gasteiger partial charge in [-0.3, -0.25) is 4.79 Å². The molecule has 0 fully saturated rings. The van der Waals surface area contributed by atoms with E-state index >= 15 is 0 Å². The summed E-state index contributed by atoms with van der Waals surface area (Å²) in [5, 5.41) is 5.15. The highest BCUT2D eigenvalue weighted by molar-refractivity contribution is 7.19. The summed E-state index contributed by atoms with van der Waals surface area (Å²) in [5.41, 5.74) is 3.14. The average Bonchev–Trinajstić information content (AvgIpc) is 3.30. The predicted molar refractivity (Wildman–Crippen MR) is 117 cm³/mol. The van der Waals surface area contributed by atoms with Gasteiger partial charge in [0.2, 0.25) is 5.91 Å². The average molecular weight is 408 g/mol. The molecular formula is C23H25N3O2S. The van der Waals surface area contributed by atoms with Crippen LogP contribution in [0.5, 0.6) is 5.75 Å². The maximum absolute atomic E-state index is 12.9. The van der Waals surface area contributed by atoms with Gasteiger partial charge in [0, 0.05) is 24.6 Å². The molecule has 1 aliphatic rings. The number of carbonyl (C=O) groups is 1. The van der Waals surface area contributed by atoms with Crippen molar-refractivity contribution < 1.29 is 9.53 Å². The number of ether oxygens (including phenoxy) is 1. The number of thiazole rings is 1. The van der Waals surface area contributed by atoms with Gasteiger partial charge in [-0.2, -0.15) is 0 Å². The Hall–Kier alpha value is -2.86. The molecule has 5 nitrogen and oxygen atoms in total. The summed E-state index contributed by atoms with van der Waals surface area (Å²) in [7, 11) is 1.67. The lowest BCUT2D eigenvalue weighted by Gasteiger charge is -2.29. The number of fused-ring (bicyclic) bond motifs is 1. The van der Waals surface area contributed by atoms with Gasteiger partial charge in [-0.25, -0.2) is 4.98 Å². The zero-order chi connectivity index (χ0) is 20.4. The maximum Gasteiger partial charge on any atom is 0.243 e. The Bertz CT molecular complexity index is 1000. The van der Waals surface area contributed by atoms with Crippen LogP contribution < -0.4 is 15.0 Å². The quantitative estimate of drug-likeness (QED) is 0.663. The summed E-state index contributed by atoms with van der Waals surface area (Å²) < 4.78 is 5.34. The van der Waals surface area contributed by atoms with E-state index in [4.69, 9.17) is 9.72 Å². The van der Waals surface area contributed by atoms with E-state index in [2.05, 4.69) is 24.1 Å². The second-order valence-electron chi connectivity index (χ2n) is 7.43. The number of nitrogens with one attached hydrogen (secondary N) is 1. The molecule has 1 aliphatic heterocycles. The van der Waals surface area contributed by atoms with Crippen molar-refractivity contribution in [3.05, 3.63) is 65.9 Å². The minimum Gasteiger partial charge on any atom is -0.497 e. The maximum atomic E-state index is 12.9. The number of rotatable bonds is 6. The van der Waals surface area contributed by atoms with Gasteiger partial charge in [-0.15, -0.1) is 0 Å². The predicted octanol–water partition coefficient (Wildman–Crippen LogP) is 4.27. The summed E-state index contributed by atoms with van der Waals surface area (Å²) >= 11 is 1.65. The molecular weight excluding hydrogens is 382 g/mol. The first-order chi connectivity index (χ1) is 14.1. The fourth-order valence-corrected chi connectivity index (χ4v) is 4.97. The minimum absolute atomic E-state index is 0.0516. The molecule has 0 spiro atoms. The standard InChI is InChI=1S/C23H25N3O2S/c1-15(2)26-20(21(27)24-14-16-8-5-4-6-9-16)13-19-23(26)29-22(25-19)17-10-7-11-18(12-17)28-3/h4-12,15,20H,13-14H2,1-3H3,(H,24,27). The first-order valence-corrected chi connectivity index (χ1v) is 10.6. The summed E-state index contributed by atoms with van der Waals surface area (Å²) in [6, 6.07) is 17.9. The zero-order valence-electron chi connectivity index (χ0n) is 16.9.